The van der Waals surface area contributed by atoms with E-state index in [1.54, 1.807) is 0 Å². The second kappa shape index (κ2) is 8.33. The third kappa shape index (κ3) is 6.21. The number of aliphatic carboxylic acids is 1. The third-order valence-corrected chi connectivity index (χ3v) is 3.43. The van der Waals surface area contributed by atoms with E-state index >= 15 is 0 Å². The van der Waals surface area contributed by atoms with Crippen LogP contribution >= 0.6 is 15.9 Å². The van der Waals surface area contributed by atoms with Crippen molar-refractivity contribution < 1.29 is 14.6 Å². The van der Waals surface area contributed by atoms with Crippen molar-refractivity contribution in [1.29, 1.82) is 0 Å². The molecule has 1 aromatic carbocycles. The van der Waals surface area contributed by atoms with E-state index in [4.69, 9.17) is 4.74 Å². The van der Waals surface area contributed by atoms with Gasteiger partial charge in [0.25, 0.3) is 0 Å². The van der Waals surface area contributed by atoms with E-state index in [-0.39, 0.29) is 0 Å². The smallest absolute Gasteiger partial charge is 0.311 e. The molecule has 0 spiro atoms. The van der Waals surface area contributed by atoms with E-state index in [0.717, 1.165) is 16.5 Å². The summed E-state index contributed by atoms with van der Waals surface area (Å²) in [5.41, 5.74) is 0.814. The molecule has 0 aliphatic heterocycles. The average Bonchev–Trinajstić information content (AvgIpc) is 2.32. The normalized spacial score (nSPS) is 12.6. The molecule has 0 radical (unpaired) electrons. The monoisotopic (exact) mass is 328 g/mol. The number of ether oxygens (including phenoxy) is 1. The zero-order valence-corrected chi connectivity index (χ0v) is 13.0. The van der Waals surface area contributed by atoms with Crippen molar-refractivity contribution in [2.45, 2.75) is 32.6 Å². The van der Waals surface area contributed by atoms with Crippen LogP contribution in [0.5, 0.6) is 0 Å². The summed E-state index contributed by atoms with van der Waals surface area (Å²) in [5, 5.41) is 9.29. The van der Waals surface area contributed by atoms with E-state index in [9.17, 15) is 9.90 Å². The van der Waals surface area contributed by atoms with Gasteiger partial charge in [0, 0.05) is 17.7 Å². The minimum atomic E-state index is -0.800. The average molecular weight is 329 g/mol. The summed E-state index contributed by atoms with van der Waals surface area (Å²) in [6.45, 7) is 5.47. The van der Waals surface area contributed by atoms with E-state index in [1.807, 2.05) is 24.3 Å². The molecule has 4 heteroatoms. The zero-order valence-electron chi connectivity index (χ0n) is 11.4. The van der Waals surface area contributed by atoms with Gasteiger partial charge in [-0.25, -0.2) is 0 Å². The third-order valence-electron chi connectivity index (χ3n) is 2.94. The summed E-state index contributed by atoms with van der Waals surface area (Å²) in [6, 6.07) is 7.45. The lowest BCUT2D eigenvalue weighted by atomic mass is 9.96. The number of hydrogen-bond donors (Lipinski definition) is 1. The molecular formula is C15H21BrO3. The molecule has 0 saturated heterocycles. The van der Waals surface area contributed by atoms with Crippen molar-refractivity contribution in [2.75, 3.05) is 13.2 Å². The van der Waals surface area contributed by atoms with Gasteiger partial charge in [-0.15, -0.1) is 0 Å². The Balaban J connectivity index is 2.48. The van der Waals surface area contributed by atoms with E-state index in [0.29, 0.717) is 25.6 Å². The van der Waals surface area contributed by atoms with E-state index in [1.165, 1.54) is 0 Å². The number of carbonyl (C=O) groups is 1. The number of hydrogen-bond acceptors (Lipinski definition) is 2. The molecule has 0 saturated carbocycles. The Morgan fingerprint density at radius 2 is 2.00 bits per heavy atom. The Kier molecular flexibility index (Phi) is 7.10. The number of carboxylic acids is 1. The summed E-state index contributed by atoms with van der Waals surface area (Å²) < 4.78 is 6.40. The number of rotatable bonds is 8. The molecule has 1 unspecified atom stereocenters. The first kappa shape index (κ1) is 16.2. The molecule has 1 atom stereocenters. The predicted molar refractivity (Wildman–Crippen MR) is 79.4 cm³/mol. The first-order valence-corrected chi connectivity index (χ1v) is 7.36. The maximum absolute atomic E-state index is 11.3. The van der Waals surface area contributed by atoms with Crippen LogP contribution in [-0.2, 0) is 9.53 Å². The Morgan fingerprint density at radius 1 is 1.32 bits per heavy atom. The molecule has 3 nitrogen and oxygen atoms in total. The largest absolute Gasteiger partial charge is 0.481 e. The predicted octanol–water partition coefficient (Wildman–Crippen LogP) is 4.07. The highest BCUT2D eigenvalue weighted by molar-refractivity contribution is 9.10. The minimum absolute atomic E-state index is 0.482. The fourth-order valence-electron chi connectivity index (χ4n) is 1.78. The summed E-state index contributed by atoms with van der Waals surface area (Å²) in [5.74, 6) is -0.692. The fraction of sp³-hybridized carbons (Fsp3) is 0.533. The van der Waals surface area contributed by atoms with Crippen LogP contribution in [0.15, 0.2) is 28.7 Å². The lowest BCUT2D eigenvalue weighted by Gasteiger charge is -2.13. The molecule has 19 heavy (non-hydrogen) atoms. The van der Waals surface area contributed by atoms with Crippen LogP contribution in [0.1, 0.15) is 38.2 Å². The molecule has 0 aliphatic rings. The summed E-state index contributed by atoms with van der Waals surface area (Å²) in [6.07, 6.45) is 1.51. The van der Waals surface area contributed by atoms with Gasteiger partial charge < -0.3 is 9.84 Å². The van der Waals surface area contributed by atoms with Crippen LogP contribution < -0.4 is 0 Å². The molecule has 0 heterocycles. The van der Waals surface area contributed by atoms with Gasteiger partial charge in [-0.3, -0.25) is 4.79 Å². The molecule has 1 rings (SSSR count). The van der Waals surface area contributed by atoms with Crippen molar-refractivity contribution in [3.05, 3.63) is 34.3 Å². The Morgan fingerprint density at radius 3 is 2.58 bits per heavy atom. The highest BCUT2D eigenvalue weighted by atomic mass is 79.9. The first-order chi connectivity index (χ1) is 9.00. The lowest BCUT2D eigenvalue weighted by molar-refractivity contribution is -0.139. The minimum Gasteiger partial charge on any atom is -0.481 e. The van der Waals surface area contributed by atoms with Gasteiger partial charge in [-0.2, -0.15) is 0 Å². The van der Waals surface area contributed by atoms with E-state index in [2.05, 4.69) is 29.8 Å². The van der Waals surface area contributed by atoms with Crippen molar-refractivity contribution in [1.82, 2.24) is 0 Å². The van der Waals surface area contributed by atoms with Gasteiger partial charge in [-0.05, 0) is 36.5 Å². The van der Waals surface area contributed by atoms with Crippen LogP contribution in [0.2, 0.25) is 0 Å². The van der Waals surface area contributed by atoms with Gasteiger partial charge in [0.15, 0.2) is 0 Å². The van der Waals surface area contributed by atoms with Crippen molar-refractivity contribution >= 4 is 21.9 Å². The number of carboxylic acid groups (broad SMARTS) is 1. The van der Waals surface area contributed by atoms with Gasteiger partial charge in [0.2, 0.25) is 0 Å². The van der Waals surface area contributed by atoms with Gasteiger partial charge in [0.1, 0.15) is 0 Å². The van der Waals surface area contributed by atoms with Crippen molar-refractivity contribution in [3.63, 3.8) is 0 Å². The summed E-state index contributed by atoms with van der Waals surface area (Å²) in [7, 11) is 0. The maximum atomic E-state index is 11.3. The van der Waals surface area contributed by atoms with Crippen LogP contribution in [-0.4, -0.2) is 24.3 Å². The molecule has 0 aliphatic carbocycles. The molecule has 1 aromatic rings. The van der Waals surface area contributed by atoms with Crippen molar-refractivity contribution in [3.8, 4) is 0 Å². The van der Waals surface area contributed by atoms with Crippen LogP contribution in [0.25, 0.3) is 0 Å². The van der Waals surface area contributed by atoms with Crippen LogP contribution in [0, 0.1) is 5.92 Å². The first-order valence-electron chi connectivity index (χ1n) is 6.56. The highest BCUT2D eigenvalue weighted by Crippen LogP contribution is 2.23. The van der Waals surface area contributed by atoms with Gasteiger partial charge >= 0.3 is 5.97 Å². The zero-order chi connectivity index (χ0) is 14.3. The molecule has 1 N–H and O–H groups in total. The second-order valence-corrected chi connectivity index (χ2v) is 5.95. The summed E-state index contributed by atoms with van der Waals surface area (Å²) >= 11 is 3.36. The lowest BCUT2D eigenvalue weighted by Crippen LogP contribution is -2.14. The molecule has 0 bridgehead atoms. The highest BCUT2D eigenvalue weighted by Gasteiger charge is 2.19. The quantitative estimate of drug-likeness (QED) is 0.731. The van der Waals surface area contributed by atoms with E-state index < -0.39 is 11.9 Å². The Labute approximate surface area is 123 Å². The molecule has 106 valence electrons. The SMILES string of the molecule is CC(C)CCOCCC(C(=O)O)c1cccc(Br)c1. The standard InChI is InChI=1S/C15H21BrO3/c1-11(2)6-8-19-9-7-14(15(17)18)12-4-3-5-13(16)10-12/h3-5,10-11,14H,6-9H2,1-2H3,(H,17,18). The Bertz CT molecular complexity index is 404. The topological polar surface area (TPSA) is 46.5 Å². The molecular weight excluding hydrogens is 308 g/mol. The van der Waals surface area contributed by atoms with Crippen molar-refractivity contribution in [2.24, 2.45) is 5.92 Å². The van der Waals surface area contributed by atoms with Crippen LogP contribution in [0.4, 0.5) is 0 Å². The molecule has 0 fully saturated rings. The molecule has 0 amide bonds. The number of halogens is 1. The van der Waals surface area contributed by atoms with Gasteiger partial charge in [-0.1, -0.05) is 41.9 Å². The molecule has 0 aromatic heterocycles. The van der Waals surface area contributed by atoms with Crippen LogP contribution in [0.3, 0.4) is 0 Å². The second-order valence-electron chi connectivity index (χ2n) is 5.03. The fourth-order valence-corrected chi connectivity index (χ4v) is 2.20. The number of benzene rings is 1. The maximum Gasteiger partial charge on any atom is 0.311 e. The Hall–Kier alpha value is -0.870. The summed E-state index contributed by atoms with van der Waals surface area (Å²) in [4.78, 5) is 11.3. The van der Waals surface area contributed by atoms with Gasteiger partial charge in [0.05, 0.1) is 5.92 Å².